The summed E-state index contributed by atoms with van der Waals surface area (Å²) in [5.41, 5.74) is 2.23. The van der Waals surface area contributed by atoms with E-state index in [9.17, 15) is 14.0 Å². The van der Waals surface area contributed by atoms with E-state index in [1.54, 1.807) is 23.7 Å². The lowest BCUT2D eigenvalue weighted by molar-refractivity contribution is 0.0599. The number of hydrogen-bond donors (Lipinski definition) is 1. The van der Waals surface area contributed by atoms with Gasteiger partial charge in [-0.25, -0.2) is 9.18 Å². The molecule has 0 spiro atoms. The summed E-state index contributed by atoms with van der Waals surface area (Å²) in [4.78, 5) is 29.1. The number of nitrogens with zero attached hydrogens (tertiary/aromatic N) is 3. The molecule has 0 fully saturated rings. The van der Waals surface area contributed by atoms with Crippen LogP contribution in [-0.4, -0.2) is 33.8 Å². The summed E-state index contributed by atoms with van der Waals surface area (Å²) >= 11 is 0. The minimum atomic E-state index is -0.538. The van der Waals surface area contributed by atoms with Crippen LogP contribution in [0.5, 0.6) is 0 Å². The first-order valence-corrected chi connectivity index (χ1v) is 9.32. The molecule has 0 unspecified atom stereocenters. The Hall–Kier alpha value is -3.55. The standard InChI is InChI=1S/C22H23FN4O3/c1-13-17(21(29)30-5)10-16(11-24-13)26-20(28)18-12-25-27(22(2,3)4)19(18)14-6-8-15(23)9-7-14/h6-12H,1-5H3,(H,26,28). The van der Waals surface area contributed by atoms with Gasteiger partial charge in [0.25, 0.3) is 5.91 Å². The van der Waals surface area contributed by atoms with Crippen molar-refractivity contribution in [2.24, 2.45) is 0 Å². The molecule has 0 bridgehead atoms. The lowest BCUT2D eigenvalue weighted by Gasteiger charge is -2.23. The average Bonchev–Trinajstić information content (AvgIpc) is 3.15. The van der Waals surface area contributed by atoms with Crippen molar-refractivity contribution in [1.29, 1.82) is 0 Å². The smallest absolute Gasteiger partial charge is 0.339 e. The number of hydrogen-bond acceptors (Lipinski definition) is 5. The van der Waals surface area contributed by atoms with Crippen molar-refractivity contribution in [3.63, 3.8) is 0 Å². The number of esters is 1. The first-order chi connectivity index (χ1) is 14.1. The molecule has 0 atom stereocenters. The van der Waals surface area contributed by atoms with Crippen molar-refractivity contribution in [3.8, 4) is 11.3 Å². The van der Waals surface area contributed by atoms with Gasteiger partial charge in [-0.3, -0.25) is 14.5 Å². The Morgan fingerprint density at radius 3 is 2.37 bits per heavy atom. The van der Waals surface area contributed by atoms with Crippen LogP contribution in [0.1, 0.15) is 47.2 Å². The average molecular weight is 410 g/mol. The highest BCUT2D eigenvalue weighted by molar-refractivity contribution is 6.08. The number of anilines is 1. The van der Waals surface area contributed by atoms with E-state index in [1.807, 2.05) is 20.8 Å². The van der Waals surface area contributed by atoms with Gasteiger partial charge in [0, 0.05) is 5.56 Å². The van der Waals surface area contributed by atoms with Crippen molar-refractivity contribution in [2.45, 2.75) is 33.2 Å². The summed E-state index contributed by atoms with van der Waals surface area (Å²) < 4.78 is 19.9. The van der Waals surface area contributed by atoms with E-state index in [-0.39, 0.29) is 11.4 Å². The van der Waals surface area contributed by atoms with Crippen molar-refractivity contribution in [1.82, 2.24) is 14.8 Å². The van der Waals surface area contributed by atoms with E-state index in [2.05, 4.69) is 15.4 Å². The topological polar surface area (TPSA) is 86.1 Å². The number of nitrogens with one attached hydrogen (secondary N) is 1. The number of carbonyl (C=O) groups is 2. The Balaban J connectivity index is 2.02. The second-order valence-electron chi connectivity index (χ2n) is 7.80. The van der Waals surface area contributed by atoms with Gasteiger partial charge in [-0.15, -0.1) is 0 Å². The van der Waals surface area contributed by atoms with E-state index in [1.165, 1.54) is 37.7 Å². The first kappa shape index (κ1) is 21.2. The summed E-state index contributed by atoms with van der Waals surface area (Å²) in [6.45, 7) is 7.56. The molecule has 7 nitrogen and oxygen atoms in total. The number of aryl methyl sites for hydroxylation is 1. The lowest BCUT2D eigenvalue weighted by Crippen LogP contribution is -2.24. The molecule has 0 radical (unpaired) electrons. The van der Waals surface area contributed by atoms with Crippen molar-refractivity contribution in [3.05, 3.63) is 65.4 Å². The Labute approximate surface area is 173 Å². The van der Waals surface area contributed by atoms with Gasteiger partial charge < -0.3 is 10.1 Å². The van der Waals surface area contributed by atoms with Gasteiger partial charge >= 0.3 is 5.97 Å². The maximum absolute atomic E-state index is 13.4. The molecule has 1 aromatic carbocycles. The Kier molecular flexibility index (Phi) is 5.69. The monoisotopic (exact) mass is 410 g/mol. The number of aromatic nitrogens is 3. The Morgan fingerprint density at radius 1 is 1.10 bits per heavy atom. The largest absolute Gasteiger partial charge is 0.465 e. The zero-order valence-electron chi connectivity index (χ0n) is 17.5. The minimum absolute atomic E-state index is 0.263. The van der Waals surface area contributed by atoms with Crippen LogP contribution in [0, 0.1) is 12.7 Å². The normalized spacial score (nSPS) is 11.3. The molecule has 0 saturated carbocycles. The number of benzene rings is 1. The van der Waals surface area contributed by atoms with E-state index >= 15 is 0 Å². The first-order valence-electron chi connectivity index (χ1n) is 9.32. The van der Waals surface area contributed by atoms with Crippen LogP contribution < -0.4 is 5.32 Å². The predicted octanol–water partition coefficient (Wildman–Crippen LogP) is 4.19. The second-order valence-corrected chi connectivity index (χ2v) is 7.80. The number of ether oxygens (including phenoxy) is 1. The maximum Gasteiger partial charge on any atom is 0.339 e. The zero-order chi connectivity index (χ0) is 22.1. The van der Waals surface area contributed by atoms with Gasteiger partial charge in [-0.2, -0.15) is 5.10 Å². The molecular weight excluding hydrogens is 387 g/mol. The molecular formula is C22H23FN4O3. The van der Waals surface area contributed by atoms with Crippen LogP contribution in [0.2, 0.25) is 0 Å². The fourth-order valence-electron chi connectivity index (χ4n) is 3.03. The minimum Gasteiger partial charge on any atom is -0.465 e. The van der Waals surface area contributed by atoms with Crippen LogP contribution in [0.25, 0.3) is 11.3 Å². The Morgan fingerprint density at radius 2 is 1.77 bits per heavy atom. The van der Waals surface area contributed by atoms with Crippen molar-refractivity contribution in [2.75, 3.05) is 12.4 Å². The molecule has 3 aromatic rings. The van der Waals surface area contributed by atoms with Gasteiger partial charge in [-0.1, -0.05) is 0 Å². The molecule has 8 heteroatoms. The summed E-state index contributed by atoms with van der Waals surface area (Å²) in [5, 5.41) is 7.15. The van der Waals surface area contributed by atoms with Crippen LogP contribution in [0.3, 0.4) is 0 Å². The highest BCUT2D eigenvalue weighted by Crippen LogP contribution is 2.30. The van der Waals surface area contributed by atoms with E-state index < -0.39 is 17.4 Å². The molecule has 2 heterocycles. The third kappa shape index (κ3) is 4.22. The predicted molar refractivity (Wildman–Crippen MR) is 111 cm³/mol. The molecule has 0 aliphatic heterocycles. The Bertz CT molecular complexity index is 1100. The van der Waals surface area contributed by atoms with Crippen molar-refractivity contribution < 1.29 is 18.7 Å². The third-order valence-electron chi connectivity index (χ3n) is 4.52. The molecule has 0 aliphatic rings. The molecule has 2 aromatic heterocycles. The quantitative estimate of drug-likeness (QED) is 0.652. The van der Waals surface area contributed by atoms with Gasteiger partial charge in [-0.05, 0) is 58.0 Å². The number of carbonyl (C=O) groups excluding carboxylic acids is 2. The van der Waals surface area contributed by atoms with Gasteiger partial charge in [0.1, 0.15) is 5.82 Å². The van der Waals surface area contributed by atoms with Crippen molar-refractivity contribution >= 4 is 17.6 Å². The summed E-state index contributed by atoms with van der Waals surface area (Å²) in [6, 6.07) is 7.40. The van der Waals surface area contributed by atoms with Gasteiger partial charge in [0.15, 0.2) is 0 Å². The number of rotatable bonds is 4. The molecule has 156 valence electrons. The molecule has 3 rings (SSSR count). The number of methoxy groups -OCH3 is 1. The van der Waals surface area contributed by atoms with E-state index in [0.29, 0.717) is 28.2 Å². The SMILES string of the molecule is COC(=O)c1cc(NC(=O)c2cnn(C(C)(C)C)c2-c2ccc(F)cc2)cnc1C. The van der Waals surface area contributed by atoms with Crippen LogP contribution in [0.15, 0.2) is 42.7 Å². The van der Waals surface area contributed by atoms with E-state index in [4.69, 9.17) is 4.74 Å². The van der Waals surface area contributed by atoms with Crippen LogP contribution in [0.4, 0.5) is 10.1 Å². The molecule has 1 amide bonds. The highest BCUT2D eigenvalue weighted by Gasteiger charge is 2.25. The number of pyridine rings is 1. The van der Waals surface area contributed by atoms with Gasteiger partial charge in [0.2, 0.25) is 0 Å². The van der Waals surface area contributed by atoms with Gasteiger partial charge in [0.05, 0.1) is 53.2 Å². The third-order valence-corrected chi connectivity index (χ3v) is 4.52. The fourth-order valence-corrected chi connectivity index (χ4v) is 3.03. The fraction of sp³-hybridized carbons (Fsp3) is 0.273. The summed E-state index contributed by atoms with van der Waals surface area (Å²) in [6.07, 6.45) is 2.94. The lowest BCUT2D eigenvalue weighted by atomic mass is 10.0. The van der Waals surface area contributed by atoms with Crippen LogP contribution in [-0.2, 0) is 10.3 Å². The molecule has 30 heavy (non-hydrogen) atoms. The zero-order valence-corrected chi connectivity index (χ0v) is 17.5. The maximum atomic E-state index is 13.4. The molecule has 0 saturated heterocycles. The number of amides is 1. The highest BCUT2D eigenvalue weighted by atomic mass is 19.1. The summed E-state index contributed by atoms with van der Waals surface area (Å²) in [5.74, 6) is -1.33. The number of halogens is 1. The second kappa shape index (κ2) is 8.06. The molecule has 0 aliphatic carbocycles. The van der Waals surface area contributed by atoms with E-state index in [0.717, 1.165) is 0 Å². The summed E-state index contributed by atoms with van der Waals surface area (Å²) in [7, 11) is 1.28. The molecule has 1 N–H and O–H groups in total. The van der Waals surface area contributed by atoms with Crippen LogP contribution >= 0.6 is 0 Å².